The van der Waals surface area contributed by atoms with Crippen LogP contribution in [0, 0.1) is 17.3 Å². The van der Waals surface area contributed by atoms with Gasteiger partial charge in [0.15, 0.2) is 0 Å². The van der Waals surface area contributed by atoms with Gasteiger partial charge in [0.25, 0.3) is 0 Å². The van der Waals surface area contributed by atoms with Crippen LogP contribution < -0.4 is 0 Å². The first-order valence-electron chi connectivity index (χ1n) is 9.46. The van der Waals surface area contributed by atoms with Crippen LogP contribution in [0.25, 0.3) is 0 Å². The molecule has 0 aromatic heterocycles. The second-order valence-electron chi connectivity index (χ2n) is 7.54. The smallest absolute Gasteiger partial charge is 0.0681 e. The molecule has 0 saturated heterocycles. The van der Waals surface area contributed by atoms with Crippen molar-refractivity contribution in [1.29, 1.82) is 0 Å². The minimum atomic E-state index is 0.175. The molecule has 0 spiro atoms. The first kappa shape index (κ1) is 19.7. The van der Waals surface area contributed by atoms with E-state index in [-0.39, 0.29) is 24.0 Å². The predicted molar refractivity (Wildman–Crippen MR) is 95.0 cm³/mol. The summed E-state index contributed by atoms with van der Waals surface area (Å²) >= 11 is 0. The lowest BCUT2D eigenvalue weighted by atomic mass is 9.65. The molecule has 1 aliphatic carbocycles. The van der Waals surface area contributed by atoms with Gasteiger partial charge in [0.1, 0.15) is 0 Å². The van der Waals surface area contributed by atoms with Crippen LogP contribution in [0.5, 0.6) is 0 Å². The molecule has 130 valence electrons. The van der Waals surface area contributed by atoms with Crippen molar-refractivity contribution in [1.82, 2.24) is 0 Å². The summed E-state index contributed by atoms with van der Waals surface area (Å²) in [5.74, 6) is 0.727. The normalized spacial score (nSPS) is 28.3. The topological polar surface area (TPSA) is 29.5 Å². The van der Waals surface area contributed by atoms with Crippen molar-refractivity contribution in [3.8, 4) is 0 Å². The molecule has 0 heterocycles. The molecule has 0 amide bonds. The van der Waals surface area contributed by atoms with E-state index in [1.807, 2.05) is 0 Å². The SMILES string of the molecule is CCCCCCCC=C[C@@H]1CCC(C)(C)[C@H](OCC)[C@H]1CO. The summed E-state index contributed by atoms with van der Waals surface area (Å²) in [5.41, 5.74) is 0.175. The van der Waals surface area contributed by atoms with Crippen LogP contribution in [-0.4, -0.2) is 24.4 Å². The Morgan fingerprint density at radius 2 is 1.86 bits per heavy atom. The Bertz CT molecular complexity index is 309. The Morgan fingerprint density at radius 1 is 1.14 bits per heavy atom. The van der Waals surface area contributed by atoms with Gasteiger partial charge in [-0.25, -0.2) is 0 Å². The van der Waals surface area contributed by atoms with Crippen LogP contribution >= 0.6 is 0 Å². The van der Waals surface area contributed by atoms with Gasteiger partial charge < -0.3 is 9.84 Å². The van der Waals surface area contributed by atoms with Gasteiger partial charge in [0, 0.05) is 19.1 Å². The van der Waals surface area contributed by atoms with E-state index >= 15 is 0 Å². The Morgan fingerprint density at radius 3 is 2.50 bits per heavy atom. The molecule has 0 bridgehead atoms. The fourth-order valence-electron chi connectivity index (χ4n) is 3.83. The molecule has 0 aromatic rings. The van der Waals surface area contributed by atoms with Crippen molar-refractivity contribution >= 4 is 0 Å². The van der Waals surface area contributed by atoms with E-state index in [0.717, 1.165) is 6.61 Å². The lowest BCUT2D eigenvalue weighted by Crippen LogP contribution is -2.47. The third-order valence-corrected chi connectivity index (χ3v) is 5.25. The lowest BCUT2D eigenvalue weighted by molar-refractivity contribution is -0.107. The zero-order valence-electron chi connectivity index (χ0n) is 15.3. The van der Waals surface area contributed by atoms with Crippen LogP contribution in [0.15, 0.2) is 12.2 Å². The van der Waals surface area contributed by atoms with Crippen LogP contribution in [0.1, 0.15) is 79.1 Å². The maximum absolute atomic E-state index is 9.88. The quantitative estimate of drug-likeness (QED) is 0.435. The minimum absolute atomic E-state index is 0.175. The number of aliphatic hydroxyl groups excluding tert-OH is 1. The van der Waals surface area contributed by atoms with E-state index in [4.69, 9.17) is 4.74 Å². The number of rotatable bonds is 10. The number of allylic oxidation sites excluding steroid dienone is 2. The third-order valence-electron chi connectivity index (χ3n) is 5.25. The molecule has 0 aliphatic heterocycles. The van der Waals surface area contributed by atoms with Crippen LogP contribution in [0.2, 0.25) is 0 Å². The maximum Gasteiger partial charge on any atom is 0.0681 e. The molecule has 1 aliphatic rings. The fraction of sp³-hybridized carbons (Fsp3) is 0.900. The summed E-state index contributed by atoms with van der Waals surface area (Å²) in [5, 5.41) is 9.88. The zero-order valence-corrected chi connectivity index (χ0v) is 15.3. The van der Waals surface area contributed by atoms with E-state index in [0.29, 0.717) is 5.92 Å². The Kier molecular flexibility index (Phi) is 9.35. The molecular formula is C20H38O2. The van der Waals surface area contributed by atoms with E-state index in [2.05, 4.69) is 39.8 Å². The summed E-state index contributed by atoms with van der Waals surface area (Å²) in [6, 6.07) is 0. The summed E-state index contributed by atoms with van der Waals surface area (Å²) in [7, 11) is 0. The standard InChI is InChI=1S/C20H38O2/c1-5-7-8-9-10-11-12-13-17-14-15-20(3,4)19(22-6-2)18(17)16-21/h12-13,17-19,21H,5-11,14-16H2,1-4H3/t17-,18+,19-/m1/s1. The average molecular weight is 311 g/mol. The number of hydrogen-bond acceptors (Lipinski definition) is 2. The average Bonchev–Trinajstić information content (AvgIpc) is 2.49. The van der Waals surface area contributed by atoms with Crippen molar-refractivity contribution in [3.63, 3.8) is 0 Å². The zero-order chi connectivity index (χ0) is 16.4. The van der Waals surface area contributed by atoms with Gasteiger partial charge in [-0.2, -0.15) is 0 Å². The number of hydrogen-bond donors (Lipinski definition) is 1. The summed E-state index contributed by atoms with van der Waals surface area (Å²) < 4.78 is 6.01. The molecular weight excluding hydrogens is 272 g/mol. The van der Waals surface area contributed by atoms with Crippen molar-refractivity contribution in [3.05, 3.63) is 12.2 Å². The third kappa shape index (κ3) is 6.04. The van der Waals surface area contributed by atoms with Gasteiger partial charge >= 0.3 is 0 Å². The van der Waals surface area contributed by atoms with E-state index in [9.17, 15) is 5.11 Å². The molecule has 1 rings (SSSR count). The highest BCUT2D eigenvalue weighted by molar-refractivity contribution is 5.01. The summed E-state index contributed by atoms with van der Waals surface area (Å²) in [6.45, 7) is 9.85. The van der Waals surface area contributed by atoms with E-state index in [1.54, 1.807) is 0 Å². The largest absolute Gasteiger partial charge is 0.396 e. The molecule has 0 unspecified atom stereocenters. The van der Waals surface area contributed by atoms with E-state index < -0.39 is 0 Å². The molecule has 3 atom stereocenters. The molecule has 0 aromatic carbocycles. The molecule has 2 heteroatoms. The first-order valence-corrected chi connectivity index (χ1v) is 9.46. The minimum Gasteiger partial charge on any atom is -0.396 e. The molecule has 22 heavy (non-hydrogen) atoms. The van der Waals surface area contributed by atoms with Gasteiger partial charge in [-0.3, -0.25) is 0 Å². The first-order chi connectivity index (χ1) is 10.6. The predicted octanol–water partition coefficient (Wildman–Crippen LogP) is 5.35. The highest BCUT2D eigenvalue weighted by Gasteiger charge is 2.43. The second-order valence-corrected chi connectivity index (χ2v) is 7.54. The molecule has 1 fully saturated rings. The summed E-state index contributed by atoms with van der Waals surface area (Å²) in [4.78, 5) is 0. The van der Waals surface area contributed by atoms with Gasteiger partial charge in [-0.05, 0) is 43.9 Å². The van der Waals surface area contributed by atoms with Crippen molar-refractivity contribution in [2.24, 2.45) is 17.3 Å². The Balaban J connectivity index is 2.48. The number of aliphatic hydroxyl groups is 1. The van der Waals surface area contributed by atoms with Gasteiger partial charge in [0.2, 0.25) is 0 Å². The monoisotopic (exact) mass is 310 g/mol. The Hall–Kier alpha value is -0.340. The highest BCUT2D eigenvalue weighted by Crippen LogP contribution is 2.44. The molecule has 1 saturated carbocycles. The maximum atomic E-state index is 9.88. The van der Waals surface area contributed by atoms with Gasteiger partial charge in [-0.1, -0.05) is 58.6 Å². The number of ether oxygens (including phenoxy) is 1. The van der Waals surface area contributed by atoms with Crippen molar-refractivity contribution in [2.75, 3.05) is 13.2 Å². The fourth-order valence-corrected chi connectivity index (χ4v) is 3.83. The van der Waals surface area contributed by atoms with Crippen LogP contribution in [0.3, 0.4) is 0 Å². The van der Waals surface area contributed by atoms with Gasteiger partial charge in [0.05, 0.1) is 6.10 Å². The number of unbranched alkanes of at least 4 members (excludes halogenated alkanes) is 5. The van der Waals surface area contributed by atoms with Crippen molar-refractivity contribution in [2.45, 2.75) is 85.2 Å². The second kappa shape index (κ2) is 10.4. The highest BCUT2D eigenvalue weighted by atomic mass is 16.5. The van der Waals surface area contributed by atoms with Crippen LogP contribution in [-0.2, 0) is 4.74 Å². The van der Waals surface area contributed by atoms with Crippen molar-refractivity contribution < 1.29 is 9.84 Å². The Labute approximate surface area is 138 Å². The van der Waals surface area contributed by atoms with Crippen LogP contribution in [0.4, 0.5) is 0 Å². The summed E-state index contributed by atoms with van der Waals surface area (Å²) in [6.07, 6.45) is 15.1. The molecule has 0 radical (unpaired) electrons. The molecule has 1 N–H and O–H groups in total. The van der Waals surface area contributed by atoms with Gasteiger partial charge in [-0.15, -0.1) is 0 Å². The lowest BCUT2D eigenvalue weighted by Gasteiger charge is -2.46. The molecule has 2 nitrogen and oxygen atoms in total. The van der Waals surface area contributed by atoms with E-state index in [1.165, 1.54) is 51.4 Å².